The lowest BCUT2D eigenvalue weighted by Crippen LogP contribution is -1.92. The molecule has 0 aliphatic heterocycles. The third-order valence-electron chi connectivity index (χ3n) is 1.86. The maximum atomic E-state index is 5.45. The smallest absolute Gasteiger partial charge is 0.157 e. The molecule has 2 heterocycles. The quantitative estimate of drug-likeness (QED) is 0.745. The van der Waals surface area contributed by atoms with Crippen molar-refractivity contribution >= 4 is 0 Å². The summed E-state index contributed by atoms with van der Waals surface area (Å²) in [6.45, 7) is 2.35. The van der Waals surface area contributed by atoms with Gasteiger partial charge in [-0.1, -0.05) is 0 Å². The topological polar surface area (TPSA) is 40.2 Å². The van der Waals surface area contributed by atoms with Crippen LogP contribution >= 0.6 is 0 Å². The van der Waals surface area contributed by atoms with Crippen molar-refractivity contribution in [2.75, 3.05) is 0 Å². The number of furan rings is 1. The molecule has 0 spiro atoms. The summed E-state index contributed by atoms with van der Waals surface area (Å²) in [5.41, 5.74) is 0. The van der Waals surface area contributed by atoms with Crippen LogP contribution < -0.4 is 4.74 Å². The highest BCUT2D eigenvalue weighted by Crippen LogP contribution is 2.12. The minimum atomic E-state index is 0.444. The highest BCUT2D eigenvalue weighted by atomic mass is 16.5. The van der Waals surface area contributed by atoms with Gasteiger partial charge in [0.1, 0.15) is 18.1 Å². The van der Waals surface area contributed by atoms with Gasteiger partial charge in [0, 0.05) is 7.05 Å². The van der Waals surface area contributed by atoms with Crippen LogP contribution in [0.15, 0.2) is 28.9 Å². The third kappa shape index (κ3) is 1.96. The van der Waals surface area contributed by atoms with Gasteiger partial charge in [-0.3, -0.25) is 4.68 Å². The Labute approximate surface area is 82.1 Å². The van der Waals surface area contributed by atoms with Gasteiger partial charge in [0.05, 0.1) is 12.4 Å². The molecule has 0 radical (unpaired) electrons. The highest BCUT2D eigenvalue weighted by Gasteiger charge is 2.01. The Morgan fingerprint density at radius 3 is 2.93 bits per heavy atom. The van der Waals surface area contributed by atoms with E-state index in [0.29, 0.717) is 6.61 Å². The minimum absolute atomic E-state index is 0.444. The molecule has 0 fully saturated rings. The maximum Gasteiger partial charge on any atom is 0.157 e. The molecule has 0 saturated heterocycles. The van der Waals surface area contributed by atoms with E-state index in [0.717, 1.165) is 17.3 Å². The second-order valence-corrected chi connectivity index (χ2v) is 3.15. The van der Waals surface area contributed by atoms with Gasteiger partial charge in [0.15, 0.2) is 5.75 Å². The lowest BCUT2D eigenvalue weighted by atomic mass is 10.4. The molecule has 0 aliphatic carbocycles. The summed E-state index contributed by atoms with van der Waals surface area (Å²) in [6, 6.07) is 3.83. The molecule has 74 valence electrons. The standard InChI is InChI=1S/C10H12N2O2/c1-8-3-4-9(14-8)7-13-10-5-11-12(2)6-10/h3-6H,7H2,1-2H3. The first kappa shape index (κ1) is 8.87. The molecular weight excluding hydrogens is 180 g/mol. The van der Waals surface area contributed by atoms with Crippen molar-refractivity contribution < 1.29 is 9.15 Å². The summed E-state index contributed by atoms with van der Waals surface area (Å²) in [4.78, 5) is 0. The number of rotatable bonds is 3. The molecule has 2 aromatic rings. The SMILES string of the molecule is Cc1ccc(COc2cnn(C)c2)o1. The fourth-order valence-corrected chi connectivity index (χ4v) is 1.19. The molecule has 0 saturated carbocycles. The molecule has 0 aliphatic rings. The second-order valence-electron chi connectivity index (χ2n) is 3.15. The van der Waals surface area contributed by atoms with Crippen LogP contribution in [0.2, 0.25) is 0 Å². The van der Waals surface area contributed by atoms with Crippen LogP contribution in [-0.2, 0) is 13.7 Å². The van der Waals surface area contributed by atoms with Crippen molar-refractivity contribution in [2.45, 2.75) is 13.5 Å². The van der Waals surface area contributed by atoms with Gasteiger partial charge in [0.2, 0.25) is 0 Å². The van der Waals surface area contributed by atoms with E-state index < -0.39 is 0 Å². The summed E-state index contributed by atoms with van der Waals surface area (Å²) in [6.07, 6.45) is 3.49. The van der Waals surface area contributed by atoms with Crippen LogP contribution in [0, 0.1) is 6.92 Å². The largest absolute Gasteiger partial charge is 0.482 e. The zero-order chi connectivity index (χ0) is 9.97. The first-order chi connectivity index (χ1) is 6.74. The molecule has 4 nitrogen and oxygen atoms in total. The van der Waals surface area contributed by atoms with Crippen molar-refractivity contribution in [1.82, 2.24) is 9.78 Å². The lowest BCUT2D eigenvalue weighted by molar-refractivity contribution is 0.267. The maximum absolute atomic E-state index is 5.45. The van der Waals surface area contributed by atoms with Gasteiger partial charge in [-0.25, -0.2) is 0 Å². The zero-order valence-corrected chi connectivity index (χ0v) is 8.23. The molecule has 0 amide bonds. The normalized spacial score (nSPS) is 10.4. The fraction of sp³-hybridized carbons (Fsp3) is 0.300. The molecule has 0 bridgehead atoms. The van der Waals surface area contributed by atoms with E-state index >= 15 is 0 Å². The number of ether oxygens (including phenoxy) is 1. The van der Waals surface area contributed by atoms with Crippen molar-refractivity contribution in [3.05, 3.63) is 36.0 Å². The van der Waals surface area contributed by atoms with Gasteiger partial charge in [-0.2, -0.15) is 5.10 Å². The predicted molar refractivity (Wildman–Crippen MR) is 51.0 cm³/mol. The van der Waals surface area contributed by atoms with E-state index in [9.17, 15) is 0 Å². The monoisotopic (exact) mass is 192 g/mol. The average Bonchev–Trinajstić information content (AvgIpc) is 2.72. The molecule has 0 unspecified atom stereocenters. The first-order valence-electron chi connectivity index (χ1n) is 4.41. The Morgan fingerprint density at radius 2 is 2.36 bits per heavy atom. The molecule has 0 atom stereocenters. The summed E-state index contributed by atoms with van der Waals surface area (Å²) >= 11 is 0. The molecular formula is C10H12N2O2. The zero-order valence-electron chi connectivity index (χ0n) is 8.23. The highest BCUT2D eigenvalue weighted by molar-refractivity contribution is 5.12. The number of nitrogens with zero attached hydrogens (tertiary/aromatic N) is 2. The van der Waals surface area contributed by atoms with Crippen molar-refractivity contribution in [3.8, 4) is 5.75 Å². The van der Waals surface area contributed by atoms with Gasteiger partial charge in [-0.15, -0.1) is 0 Å². The Morgan fingerprint density at radius 1 is 1.50 bits per heavy atom. The van der Waals surface area contributed by atoms with Gasteiger partial charge in [0.25, 0.3) is 0 Å². The van der Waals surface area contributed by atoms with Crippen LogP contribution in [0.1, 0.15) is 11.5 Å². The Bertz CT molecular complexity index is 377. The van der Waals surface area contributed by atoms with Gasteiger partial charge < -0.3 is 9.15 Å². The Hall–Kier alpha value is -1.71. The predicted octanol–water partition coefficient (Wildman–Crippen LogP) is 1.90. The number of aryl methyl sites for hydroxylation is 2. The van der Waals surface area contributed by atoms with E-state index in [-0.39, 0.29) is 0 Å². The Kier molecular flexibility index (Phi) is 2.26. The molecule has 0 N–H and O–H groups in total. The molecule has 2 rings (SSSR count). The molecule has 2 aromatic heterocycles. The number of aromatic nitrogens is 2. The fourth-order valence-electron chi connectivity index (χ4n) is 1.19. The van der Waals surface area contributed by atoms with E-state index in [2.05, 4.69) is 5.10 Å². The van der Waals surface area contributed by atoms with Crippen LogP contribution in [0.3, 0.4) is 0 Å². The van der Waals surface area contributed by atoms with Crippen LogP contribution in [-0.4, -0.2) is 9.78 Å². The van der Waals surface area contributed by atoms with Gasteiger partial charge >= 0.3 is 0 Å². The summed E-state index contributed by atoms with van der Waals surface area (Å²) in [5.74, 6) is 2.47. The van der Waals surface area contributed by atoms with E-state index in [1.165, 1.54) is 0 Å². The summed E-state index contributed by atoms with van der Waals surface area (Å²) in [5, 5.41) is 4.00. The second kappa shape index (κ2) is 3.57. The number of hydrogen-bond acceptors (Lipinski definition) is 3. The third-order valence-corrected chi connectivity index (χ3v) is 1.86. The molecule has 0 aromatic carbocycles. The summed E-state index contributed by atoms with van der Waals surface area (Å²) < 4.78 is 12.5. The van der Waals surface area contributed by atoms with E-state index in [1.807, 2.05) is 32.3 Å². The molecule has 4 heteroatoms. The average molecular weight is 192 g/mol. The number of hydrogen-bond donors (Lipinski definition) is 0. The van der Waals surface area contributed by atoms with Crippen LogP contribution in [0.4, 0.5) is 0 Å². The van der Waals surface area contributed by atoms with Crippen LogP contribution in [0.25, 0.3) is 0 Å². The van der Waals surface area contributed by atoms with Crippen molar-refractivity contribution in [1.29, 1.82) is 0 Å². The minimum Gasteiger partial charge on any atom is -0.482 e. The first-order valence-corrected chi connectivity index (χ1v) is 4.41. The van der Waals surface area contributed by atoms with E-state index in [1.54, 1.807) is 10.9 Å². The Balaban J connectivity index is 1.94. The molecule has 14 heavy (non-hydrogen) atoms. The van der Waals surface area contributed by atoms with Crippen molar-refractivity contribution in [2.24, 2.45) is 7.05 Å². The summed E-state index contributed by atoms with van der Waals surface area (Å²) in [7, 11) is 1.85. The van der Waals surface area contributed by atoms with E-state index in [4.69, 9.17) is 9.15 Å². The lowest BCUT2D eigenvalue weighted by Gasteiger charge is -1.98. The van der Waals surface area contributed by atoms with Crippen molar-refractivity contribution in [3.63, 3.8) is 0 Å². The van der Waals surface area contributed by atoms with Crippen LogP contribution in [0.5, 0.6) is 5.75 Å². The van der Waals surface area contributed by atoms with Gasteiger partial charge in [-0.05, 0) is 19.1 Å².